The fourth-order valence-corrected chi connectivity index (χ4v) is 4.48. The Morgan fingerprint density at radius 3 is 2.57 bits per heavy atom. The van der Waals surface area contributed by atoms with Crippen molar-refractivity contribution >= 4 is 22.6 Å². The van der Waals surface area contributed by atoms with E-state index in [4.69, 9.17) is 0 Å². The molecule has 0 aliphatic carbocycles. The highest BCUT2D eigenvalue weighted by Crippen LogP contribution is 2.23. The summed E-state index contributed by atoms with van der Waals surface area (Å²) in [5.74, 6) is 0.688. The first-order valence-corrected chi connectivity index (χ1v) is 11.2. The zero-order valence-electron chi connectivity index (χ0n) is 19.3. The summed E-state index contributed by atoms with van der Waals surface area (Å²) < 4.78 is 33.4. The number of halogens is 2. The van der Waals surface area contributed by atoms with Crippen LogP contribution in [-0.2, 0) is 13.6 Å². The van der Waals surface area contributed by atoms with Crippen LogP contribution >= 0.6 is 0 Å². The molecule has 2 aromatic carbocycles. The van der Waals surface area contributed by atoms with Gasteiger partial charge >= 0.3 is 6.61 Å². The van der Waals surface area contributed by atoms with Crippen molar-refractivity contribution in [3.05, 3.63) is 69.8 Å². The number of ether oxygens (including phenoxy) is 1. The SMILES string of the molecule is Cc1ccc2c(c1)c(=O)n(C)c1nnc(CN3CCN(C(=O)c4ccccc4OC(F)F)CC3)n21. The van der Waals surface area contributed by atoms with Gasteiger partial charge in [0, 0.05) is 33.2 Å². The minimum Gasteiger partial charge on any atom is -0.434 e. The Balaban J connectivity index is 1.35. The molecule has 9 nitrogen and oxygen atoms in total. The Labute approximate surface area is 199 Å². The predicted molar refractivity (Wildman–Crippen MR) is 125 cm³/mol. The Morgan fingerprint density at radius 2 is 1.83 bits per heavy atom. The van der Waals surface area contributed by atoms with Crippen molar-refractivity contribution in [1.29, 1.82) is 0 Å². The van der Waals surface area contributed by atoms with Gasteiger partial charge in [-0.2, -0.15) is 8.78 Å². The van der Waals surface area contributed by atoms with Crippen molar-refractivity contribution in [2.45, 2.75) is 20.1 Å². The van der Waals surface area contributed by atoms with Gasteiger partial charge in [0.05, 0.1) is 23.0 Å². The maximum atomic E-state index is 13.0. The van der Waals surface area contributed by atoms with E-state index in [0.717, 1.165) is 11.1 Å². The van der Waals surface area contributed by atoms with Crippen molar-refractivity contribution in [2.75, 3.05) is 26.2 Å². The standard InChI is InChI=1S/C24H24F2N6O3/c1-15-7-8-18-17(13-15)21(33)29(2)24-28-27-20(32(18)24)14-30-9-11-31(12-10-30)22(34)16-5-3-4-6-19(16)35-23(25)26/h3-8,13,23H,9-12,14H2,1-2H3. The molecule has 0 N–H and O–H groups in total. The Morgan fingerprint density at radius 1 is 1.09 bits per heavy atom. The molecule has 0 atom stereocenters. The molecule has 1 fully saturated rings. The summed E-state index contributed by atoms with van der Waals surface area (Å²) in [5, 5.41) is 9.19. The van der Waals surface area contributed by atoms with E-state index in [0.29, 0.717) is 49.7 Å². The molecule has 0 saturated carbocycles. The molecule has 0 bridgehead atoms. The van der Waals surface area contributed by atoms with Gasteiger partial charge in [-0.25, -0.2) is 0 Å². The molecular formula is C24H24F2N6O3. The van der Waals surface area contributed by atoms with Crippen LogP contribution in [0.1, 0.15) is 21.7 Å². The van der Waals surface area contributed by atoms with Gasteiger partial charge < -0.3 is 9.64 Å². The molecule has 0 radical (unpaired) electrons. The van der Waals surface area contributed by atoms with Crippen LogP contribution in [0.3, 0.4) is 0 Å². The van der Waals surface area contributed by atoms with E-state index in [9.17, 15) is 18.4 Å². The number of para-hydroxylation sites is 1. The highest BCUT2D eigenvalue weighted by atomic mass is 19.3. The first kappa shape index (κ1) is 22.9. The fourth-order valence-electron chi connectivity index (χ4n) is 4.48. The second kappa shape index (κ2) is 9.06. The number of amides is 1. The lowest BCUT2D eigenvalue weighted by Gasteiger charge is -2.34. The summed E-state index contributed by atoms with van der Waals surface area (Å²) >= 11 is 0. The zero-order valence-corrected chi connectivity index (χ0v) is 19.3. The third kappa shape index (κ3) is 4.23. The van der Waals surface area contributed by atoms with Crippen LogP contribution in [0.5, 0.6) is 5.75 Å². The Hall–Kier alpha value is -3.86. The summed E-state index contributed by atoms with van der Waals surface area (Å²) in [5.41, 5.74) is 1.73. The molecule has 1 saturated heterocycles. The van der Waals surface area contributed by atoms with Gasteiger partial charge in [0.15, 0.2) is 5.82 Å². The number of rotatable bonds is 5. The van der Waals surface area contributed by atoms with Gasteiger partial charge in [-0.1, -0.05) is 23.8 Å². The maximum Gasteiger partial charge on any atom is 0.387 e. The Bertz CT molecular complexity index is 1470. The third-order valence-electron chi connectivity index (χ3n) is 6.30. The predicted octanol–water partition coefficient (Wildman–Crippen LogP) is 2.45. The number of hydrogen-bond donors (Lipinski definition) is 0. The van der Waals surface area contributed by atoms with E-state index < -0.39 is 6.61 Å². The molecular weight excluding hydrogens is 458 g/mol. The number of carbonyl (C=O) groups excluding carboxylic acids is 1. The molecule has 5 rings (SSSR count). The molecule has 4 aromatic rings. The highest BCUT2D eigenvalue weighted by Gasteiger charge is 2.26. The smallest absolute Gasteiger partial charge is 0.387 e. The Kier molecular flexibility index (Phi) is 5.93. The van der Waals surface area contributed by atoms with E-state index in [1.807, 2.05) is 29.5 Å². The zero-order chi connectivity index (χ0) is 24.7. The number of carbonyl (C=O) groups is 1. The van der Waals surface area contributed by atoms with E-state index in [-0.39, 0.29) is 22.8 Å². The molecule has 35 heavy (non-hydrogen) atoms. The first-order valence-electron chi connectivity index (χ1n) is 11.2. The molecule has 3 heterocycles. The van der Waals surface area contributed by atoms with Crippen LogP contribution in [0.4, 0.5) is 8.78 Å². The number of aryl methyl sites for hydroxylation is 2. The first-order chi connectivity index (χ1) is 16.8. The topological polar surface area (TPSA) is 85.0 Å². The molecule has 1 amide bonds. The van der Waals surface area contributed by atoms with Crippen molar-refractivity contribution in [3.8, 4) is 5.75 Å². The number of alkyl halides is 2. The highest BCUT2D eigenvalue weighted by molar-refractivity contribution is 5.97. The molecule has 2 aromatic heterocycles. The van der Waals surface area contributed by atoms with E-state index in [1.54, 1.807) is 24.1 Å². The van der Waals surface area contributed by atoms with Crippen LogP contribution < -0.4 is 10.3 Å². The number of fused-ring (bicyclic) bond motifs is 3. The molecule has 0 spiro atoms. The average Bonchev–Trinajstić information content (AvgIpc) is 3.26. The number of benzene rings is 2. The van der Waals surface area contributed by atoms with Crippen molar-refractivity contribution < 1.29 is 18.3 Å². The number of nitrogens with zero attached hydrogens (tertiary/aromatic N) is 6. The lowest BCUT2D eigenvalue weighted by molar-refractivity contribution is -0.0503. The maximum absolute atomic E-state index is 13.0. The lowest BCUT2D eigenvalue weighted by atomic mass is 10.1. The van der Waals surface area contributed by atoms with Crippen LogP contribution in [-0.4, -0.2) is 67.7 Å². The molecule has 182 valence electrons. The number of piperazine rings is 1. The van der Waals surface area contributed by atoms with Crippen LogP contribution in [0.2, 0.25) is 0 Å². The largest absolute Gasteiger partial charge is 0.434 e. The van der Waals surface area contributed by atoms with Crippen LogP contribution in [0, 0.1) is 6.92 Å². The van der Waals surface area contributed by atoms with Gasteiger partial charge in [-0.15, -0.1) is 10.2 Å². The fraction of sp³-hybridized carbons (Fsp3) is 0.333. The normalized spacial score (nSPS) is 14.8. The van der Waals surface area contributed by atoms with Gasteiger partial charge in [0.2, 0.25) is 5.78 Å². The molecule has 0 unspecified atom stereocenters. The van der Waals surface area contributed by atoms with E-state index >= 15 is 0 Å². The summed E-state index contributed by atoms with van der Waals surface area (Å²) in [4.78, 5) is 29.5. The second-order valence-electron chi connectivity index (χ2n) is 8.58. The minimum absolute atomic E-state index is 0.118. The van der Waals surface area contributed by atoms with Gasteiger partial charge in [-0.3, -0.25) is 23.5 Å². The summed E-state index contributed by atoms with van der Waals surface area (Å²) in [7, 11) is 1.68. The van der Waals surface area contributed by atoms with Crippen LogP contribution in [0.15, 0.2) is 47.3 Å². The van der Waals surface area contributed by atoms with E-state index in [1.165, 1.54) is 16.7 Å². The summed E-state index contributed by atoms with van der Waals surface area (Å²) in [6, 6.07) is 11.7. The van der Waals surface area contributed by atoms with Gasteiger partial charge in [0.1, 0.15) is 5.75 Å². The minimum atomic E-state index is -3.00. The molecule has 11 heteroatoms. The van der Waals surface area contributed by atoms with Gasteiger partial charge in [0.25, 0.3) is 11.5 Å². The van der Waals surface area contributed by atoms with Crippen molar-refractivity contribution in [1.82, 2.24) is 29.0 Å². The van der Waals surface area contributed by atoms with Gasteiger partial charge in [-0.05, 0) is 31.2 Å². The van der Waals surface area contributed by atoms with Crippen LogP contribution in [0.25, 0.3) is 16.7 Å². The molecule has 1 aliphatic heterocycles. The second-order valence-corrected chi connectivity index (χ2v) is 8.58. The van der Waals surface area contributed by atoms with E-state index in [2.05, 4.69) is 19.8 Å². The monoisotopic (exact) mass is 482 g/mol. The molecule has 1 aliphatic rings. The quantitative estimate of drug-likeness (QED) is 0.435. The van der Waals surface area contributed by atoms with Crippen molar-refractivity contribution in [2.24, 2.45) is 7.05 Å². The summed E-state index contributed by atoms with van der Waals surface area (Å²) in [6.45, 7) is 1.42. The van der Waals surface area contributed by atoms with Crippen molar-refractivity contribution in [3.63, 3.8) is 0 Å². The summed E-state index contributed by atoms with van der Waals surface area (Å²) in [6.07, 6.45) is 0. The lowest BCUT2D eigenvalue weighted by Crippen LogP contribution is -2.48. The average molecular weight is 482 g/mol. The third-order valence-corrected chi connectivity index (χ3v) is 6.30. The number of aromatic nitrogens is 4. The number of hydrogen-bond acceptors (Lipinski definition) is 6.